The van der Waals surface area contributed by atoms with E-state index in [1.54, 1.807) is 12.4 Å². The minimum Gasteiger partial charge on any atom is -0.454 e. The number of amides is 1. The Labute approximate surface area is 155 Å². The van der Waals surface area contributed by atoms with Crippen molar-refractivity contribution in [1.82, 2.24) is 9.88 Å². The average molecular weight is 403 g/mol. The fraction of sp³-hybridized carbons (Fsp3) is 0.368. The number of ether oxygens (including phenoxy) is 2. The summed E-state index contributed by atoms with van der Waals surface area (Å²) in [6, 6.07) is 7.99. The predicted molar refractivity (Wildman–Crippen MR) is 96.6 cm³/mol. The Morgan fingerprint density at radius 1 is 1.16 bits per heavy atom. The molecule has 1 aromatic carbocycles. The molecule has 1 aliphatic heterocycles. The molecule has 5 nitrogen and oxygen atoms in total. The molecule has 0 saturated heterocycles. The SMILES string of the molecule is O=C(c1cncc(Br)c1)N(Cc1ccc2c(c1)OCO2)C1CCCC1. The number of carbonyl (C=O) groups is 1. The molecule has 25 heavy (non-hydrogen) atoms. The topological polar surface area (TPSA) is 51.7 Å². The van der Waals surface area contributed by atoms with Crippen LogP contribution in [0.1, 0.15) is 41.6 Å². The summed E-state index contributed by atoms with van der Waals surface area (Å²) < 4.78 is 11.6. The molecule has 1 fully saturated rings. The van der Waals surface area contributed by atoms with Gasteiger partial charge in [-0.2, -0.15) is 0 Å². The van der Waals surface area contributed by atoms with E-state index < -0.39 is 0 Å². The molecule has 1 saturated carbocycles. The van der Waals surface area contributed by atoms with Crippen LogP contribution in [0.15, 0.2) is 41.1 Å². The largest absolute Gasteiger partial charge is 0.454 e. The third-order valence-electron chi connectivity index (χ3n) is 4.77. The van der Waals surface area contributed by atoms with E-state index >= 15 is 0 Å². The highest BCUT2D eigenvalue weighted by atomic mass is 79.9. The predicted octanol–water partition coefficient (Wildman–Crippen LogP) is 4.16. The summed E-state index contributed by atoms with van der Waals surface area (Å²) in [4.78, 5) is 19.2. The number of pyridine rings is 1. The Morgan fingerprint density at radius 3 is 2.76 bits per heavy atom. The summed E-state index contributed by atoms with van der Waals surface area (Å²) in [5.74, 6) is 1.54. The first-order valence-corrected chi connectivity index (χ1v) is 9.30. The van der Waals surface area contributed by atoms with Crippen molar-refractivity contribution in [2.75, 3.05) is 6.79 Å². The van der Waals surface area contributed by atoms with Crippen molar-refractivity contribution in [1.29, 1.82) is 0 Å². The van der Waals surface area contributed by atoms with Gasteiger partial charge >= 0.3 is 0 Å². The first kappa shape index (κ1) is 16.4. The summed E-state index contributed by atoms with van der Waals surface area (Å²) in [7, 11) is 0. The van der Waals surface area contributed by atoms with Gasteiger partial charge in [-0.3, -0.25) is 9.78 Å². The second-order valence-corrected chi connectivity index (χ2v) is 7.37. The zero-order valence-electron chi connectivity index (χ0n) is 13.8. The number of fused-ring (bicyclic) bond motifs is 1. The number of carbonyl (C=O) groups excluding carboxylic acids is 1. The maximum Gasteiger partial charge on any atom is 0.256 e. The summed E-state index contributed by atoms with van der Waals surface area (Å²) in [6.45, 7) is 0.820. The lowest BCUT2D eigenvalue weighted by Gasteiger charge is -2.29. The zero-order chi connectivity index (χ0) is 17.2. The number of hydrogen-bond acceptors (Lipinski definition) is 4. The number of rotatable bonds is 4. The van der Waals surface area contributed by atoms with E-state index in [2.05, 4.69) is 20.9 Å². The summed E-state index contributed by atoms with van der Waals surface area (Å²) >= 11 is 3.40. The molecule has 130 valence electrons. The highest BCUT2D eigenvalue weighted by molar-refractivity contribution is 9.10. The van der Waals surface area contributed by atoms with Crippen LogP contribution in [-0.2, 0) is 6.54 Å². The van der Waals surface area contributed by atoms with Crippen molar-refractivity contribution in [3.63, 3.8) is 0 Å². The first-order valence-electron chi connectivity index (χ1n) is 8.51. The maximum absolute atomic E-state index is 13.1. The van der Waals surface area contributed by atoms with Gasteiger partial charge in [0, 0.05) is 29.5 Å². The van der Waals surface area contributed by atoms with Crippen LogP contribution in [0.5, 0.6) is 11.5 Å². The molecule has 6 heteroatoms. The standard InChI is InChI=1S/C19H19BrN2O3/c20-15-8-14(9-21-10-15)19(23)22(16-3-1-2-4-16)11-13-5-6-17-18(7-13)25-12-24-17/h5-10,16H,1-4,11-12H2. The number of halogens is 1. The summed E-state index contributed by atoms with van der Waals surface area (Å²) in [5.41, 5.74) is 1.66. The Balaban J connectivity index is 1.61. The molecule has 0 spiro atoms. The normalized spacial score (nSPS) is 16.2. The van der Waals surface area contributed by atoms with Gasteiger partial charge in [-0.15, -0.1) is 0 Å². The molecule has 1 aliphatic carbocycles. The van der Waals surface area contributed by atoms with Gasteiger partial charge in [0.2, 0.25) is 6.79 Å². The van der Waals surface area contributed by atoms with Crippen molar-refractivity contribution in [2.45, 2.75) is 38.3 Å². The van der Waals surface area contributed by atoms with Crippen molar-refractivity contribution < 1.29 is 14.3 Å². The van der Waals surface area contributed by atoms with E-state index in [0.29, 0.717) is 12.1 Å². The molecule has 1 amide bonds. The van der Waals surface area contributed by atoms with E-state index in [9.17, 15) is 4.79 Å². The number of benzene rings is 1. The van der Waals surface area contributed by atoms with Crippen LogP contribution in [0.25, 0.3) is 0 Å². The minimum absolute atomic E-state index is 0.0263. The first-order chi connectivity index (χ1) is 12.2. The van der Waals surface area contributed by atoms with Crippen molar-refractivity contribution >= 4 is 21.8 Å². The molecule has 0 radical (unpaired) electrons. The fourth-order valence-corrected chi connectivity index (χ4v) is 3.88. The average Bonchev–Trinajstić information content (AvgIpc) is 3.30. The van der Waals surface area contributed by atoms with Gasteiger partial charge in [-0.25, -0.2) is 0 Å². The van der Waals surface area contributed by atoms with Gasteiger partial charge in [0.1, 0.15) is 0 Å². The third-order valence-corrected chi connectivity index (χ3v) is 5.20. The van der Waals surface area contributed by atoms with Crippen molar-refractivity contribution in [3.05, 3.63) is 52.3 Å². The van der Waals surface area contributed by atoms with E-state index in [0.717, 1.165) is 34.4 Å². The van der Waals surface area contributed by atoms with Crippen LogP contribution >= 0.6 is 15.9 Å². The quantitative estimate of drug-likeness (QED) is 0.770. The van der Waals surface area contributed by atoms with Gasteiger partial charge in [-0.05, 0) is 52.5 Å². The third kappa shape index (κ3) is 3.49. The van der Waals surface area contributed by atoms with Crippen LogP contribution in [0, 0.1) is 0 Å². The molecule has 2 aliphatic rings. The molecule has 2 aromatic rings. The van der Waals surface area contributed by atoms with Gasteiger partial charge < -0.3 is 14.4 Å². The lowest BCUT2D eigenvalue weighted by Crippen LogP contribution is -2.38. The fourth-order valence-electron chi connectivity index (χ4n) is 3.51. The number of hydrogen-bond donors (Lipinski definition) is 0. The smallest absolute Gasteiger partial charge is 0.256 e. The van der Waals surface area contributed by atoms with Gasteiger partial charge in [0.15, 0.2) is 11.5 Å². The summed E-state index contributed by atoms with van der Waals surface area (Å²) in [5, 5.41) is 0. The molecular formula is C19H19BrN2O3. The molecular weight excluding hydrogens is 384 g/mol. The van der Waals surface area contributed by atoms with Crippen LogP contribution in [0.2, 0.25) is 0 Å². The van der Waals surface area contributed by atoms with E-state index in [1.807, 2.05) is 29.2 Å². The molecule has 1 aromatic heterocycles. The lowest BCUT2D eigenvalue weighted by molar-refractivity contribution is 0.0664. The van der Waals surface area contributed by atoms with E-state index in [1.165, 1.54) is 12.8 Å². The second kappa shape index (κ2) is 7.04. The minimum atomic E-state index is 0.0263. The Bertz CT molecular complexity index is 790. The van der Waals surface area contributed by atoms with Crippen molar-refractivity contribution in [3.8, 4) is 11.5 Å². The number of nitrogens with zero attached hydrogens (tertiary/aromatic N) is 2. The van der Waals surface area contributed by atoms with Gasteiger partial charge in [-0.1, -0.05) is 18.9 Å². The number of aromatic nitrogens is 1. The van der Waals surface area contributed by atoms with Gasteiger partial charge in [0.05, 0.1) is 5.56 Å². The molecule has 2 heterocycles. The molecule has 0 atom stereocenters. The zero-order valence-corrected chi connectivity index (χ0v) is 15.4. The Kier molecular flexibility index (Phi) is 4.61. The highest BCUT2D eigenvalue weighted by Gasteiger charge is 2.28. The van der Waals surface area contributed by atoms with Crippen molar-refractivity contribution in [2.24, 2.45) is 0 Å². The molecule has 0 N–H and O–H groups in total. The highest BCUT2D eigenvalue weighted by Crippen LogP contribution is 2.34. The monoisotopic (exact) mass is 402 g/mol. The van der Waals surface area contributed by atoms with Crippen LogP contribution in [0.3, 0.4) is 0 Å². The molecule has 0 unspecified atom stereocenters. The van der Waals surface area contributed by atoms with Crippen LogP contribution in [-0.4, -0.2) is 28.6 Å². The van der Waals surface area contributed by atoms with E-state index in [-0.39, 0.29) is 18.7 Å². The van der Waals surface area contributed by atoms with Crippen LogP contribution < -0.4 is 9.47 Å². The van der Waals surface area contributed by atoms with Gasteiger partial charge in [0.25, 0.3) is 5.91 Å². The second-order valence-electron chi connectivity index (χ2n) is 6.45. The van der Waals surface area contributed by atoms with Crippen LogP contribution in [0.4, 0.5) is 0 Å². The molecule has 4 rings (SSSR count). The Hall–Kier alpha value is -2.08. The Morgan fingerprint density at radius 2 is 1.96 bits per heavy atom. The van der Waals surface area contributed by atoms with E-state index in [4.69, 9.17) is 9.47 Å². The maximum atomic E-state index is 13.1. The lowest BCUT2D eigenvalue weighted by atomic mass is 10.1. The molecule has 0 bridgehead atoms. The summed E-state index contributed by atoms with van der Waals surface area (Å²) in [6.07, 6.45) is 7.78.